The van der Waals surface area contributed by atoms with Gasteiger partial charge in [0.15, 0.2) is 0 Å². The van der Waals surface area contributed by atoms with Crippen molar-refractivity contribution in [3.63, 3.8) is 0 Å². The molecule has 0 amide bonds. The van der Waals surface area contributed by atoms with Crippen LogP contribution in [-0.2, 0) is 18.2 Å². The van der Waals surface area contributed by atoms with Gasteiger partial charge in [0.25, 0.3) is 0 Å². The minimum absolute atomic E-state index is 0.472. The van der Waals surface area contributed by atoms with Gasteiger partial charge in [-0.2, -0.15) is 0 Å². The minimum atomic E-state index is 0.472. The van der Waals surface area contributed by atoms with E-state index in [1.54, 1.807) is 16.7 Å². The van der Waals surface area contributed by atoms with Crippen LogP contribution in [0, 0.1) is 12.8 Å². The maximum atomic E-state index is 2.82. The van der Waals surface area contributed by atoms with Gasteiger partial charge in [-0.1, -0.05) is 56.1 Å². The molecule has 0 N–H and O–H groups in total. The molecule has 0 nitrogen and oxygen atoms in total. The van der Waals surface area contributed by atoms with Gasteiger partial charge in [0.05, 0.1) is 0 Å². The lowest BCUT2D eigenvalue weighted by Gasteiger charge is -2.34. The highest BCUT2D eigenvalue weighted by atomic mass is 14.4. The number of rotatable bonds is 2. The first-order chi connectivity index (χ1) is 9.66. The summed E-state index contributed by atoms with van der Waals surface area (Å²) in [5.74, 6) is 1.83. The third kappa shape index (κ3) is 1.97. The average molecular weight is 265 g/mol. The van der Waals surface area contributed by atoms with Gasteiger partial charge < -0.3 is 0 Å². The summed E-state index contributed by atoms with van der Waals surface area (Å²) in [5, 5.41) is 0.472. The first-order valence-electron chi connectivity index (χ1n) is 8.65. The molecule has 0 aliphatic heterocycles. The van der Waals surface area contributed by atoms with E-state index in [-0.39, 0.29) is 0 Å². The maximum Gasteiger partial charge on any atom is 0.128 e. The van der Waals surface area contributed by atoms with E-state index in [0.29, 0.717) is 5.31 Å². The number of hydrogen-bond donors (Lipinski definition) is 0. The van der Waals surface area contributed by atoms with Gasteiger partial charge in [-0.15, -0.1) is 0 Å². The van der Waals surface area contributed by atoms with E-state index in [2.05, 4.69) is 33.3 Å². The molecule has 0 spiro atoms. The molecule has 1 aromatic rings. The van der Waals surface area contributed by atoms with Crippen LogP contribution < -0.4 is 0 Å². The highest BCUT2D eigenvalue weighted by Crippen LogP contribution is 2.51. The van der Waals surface area contributed by atoms with Gasteiger partial charge in [0, 0.05) is 0 Å². The molecule has 1 heteroatoms. The second-order valence-corrected chi connectivity index (χ2v) is 7.81. The topological polar surface area (TPSA) is 0 Å². The van der Waals surface area contributed by atoms with Gasteiger partial charge in [-0.05, 0) is 60.5 Å². The van der Waals surface area contributed by atoms with Crippen LogP contribution in [0.15, 0.2) is 12.1 Å². The molecule has 2 atom stereocenters. The van der Waals surface area contributed by atoms with Crippen LogP contribution in [0.4, 0.5) is 0 Å². The van der Waals surface area contributed by atoms with Crippen molar-refractivity contribution >= 4 is 7.28 Å². The molecule has 1 saturated carbocycles. The quantitative estimate of drug-likeness (QED) is 0.675. The van der Waals surface area contributed by atoms with Gasteiger partial charge in [-0.3, -0.25) is 0 Å². The third-order valence-corrected chi connectivity index (χ3v) is 6.16. The lowest BCUT2D eigenvalue weighted by Crippen LogP contribution is -2.33. The van der Waals surface area contributed by atoms with E-state index < -0.39 is 0 Å². The Balaban J connectivity index is 1.63. The lowest BCUT2D eigenvalue weighted by atomic mass is 9.41. The zero-order valence-electron chi connectivity index (χ0n) is 13.0. The molecule has 1 aromatic carbocycles. The standard InChI is InChI=1S/C19H26B/c1-13-4-3-5-17(12-13)20-19-8-6-15-10-14(2)11-16(7-9-19)18(15)19/h10-11,13,17H,3-9,12H2,1-2H3. The monoisotopic (exact) mass is 265 g/mol. The van der Waals surface area contributed by atoms with Crippen LogP contribution in [0.5, 0.6) is 0 Å². The number of aryl methyl sites for hydroxylation is 3. The van der Waals surface area contributed by atoms with Crippen LogP contribution in [-0.4, -0.2) is 7.28 Å². The third-order valence-electron chi connectivity index (χ3n) is 6.16. The predicted molar refractivity (Wildman–Crippen MR) is 86.6 cm³/mol. The summed E-state index contributed by atoms with van der Waals surface area (Å²) in [7, 11) is 2.82. The summed E-state index contributed by atoms with van der Waals surface area (Å²) in [4.78, 5) is 0. The zero-order valence-corrected chi connectivity index (χ0v) is 13.0. The number of benzene rings is 1. The van der Waals surface area contributed by atoms with Crippen molar-refractivity contribution in [1.29, 1.82) is 0 Å². The van der Waals surface area contributed by atoms with Crippen molar-refractivity contribution in [2.24, 2.45) is 5.92 Å². The van der Waals surface area contributed by atoms with Crippen molar-refractivity contribution in [3.8, 4) is 0 Å². The Morgan fingerprint density at radius 1 is 1.10 bits per heavy atom. The van der Waals surface area contributed by atoms with E-state index in [1.165, 1.54) is 56.9 Å². The maximum absolute atomic E-state index is 2.82. The summed E-state index contributed by atoms with van der Waals surface area (Å²) in [6, 6.07) is 4.92. The molecule has 1 fully saturated rings. The summed E-state index contributed by atoms with van der Waals surface area (Å²) in [6.07, 6.45) is 11.2. The van der Waals surface area contributed by atoms with Crippen molar-refractivity contribution in [3.05, 3.63) is 34.4 Å². The van der Waals surface area contributed by atoms with E-state index in [4.69, 9.17) is 0 Å². The Hall–Kier alpha value is -0.715. The zero-order chi connectivity index (χ0) is 13.7. The molecule has 1 radical (unpaired) electrons. The highest BCUT2D eigenvalue weighted by molar-refractivity contribution is 6.42. The fraction of sp³-hybridized carbons (Fsp3) is 0.684. The molecule has 20 heavy (non-hydrogen) atoms. The SMILES string of the molecule is Cc1cc2c3c(c1)CCC3([B]C1CCCC(C)C1)CC2. The summed E-state index contributed by atoms with van der Waals surface area (Å²) in [5.41, 5.74) is 6.60. The van der Waals surface area contributed by atoms with Crippen LogP contribution >= 0.6 is 0 Å². The second-order valence-electron chi connectivity index (χ2n) is 7.81. The fourth-order valence-corrected chi connectivity index (χ4v) is 5.40. The summed E-state index contributed by atoms with van der Waals surface area (Å²) < 4.78 is 0. The Kier molecular flexibility index (Phi) is 3.02. The van der Waals surface area contributed by atoms with E-state index in [9.17, 15) is 0 Å². The van der Waals surface area contributed by atoms with Crippen molar-refractivity contribution in [2.75, 3.05) is 0 Å². The smallest absolute Gasteiger partial charge is 0.0675 e. The fourth-order valence-electron chi connectivity index (χ4n) is 5.40. The number of hydrogen-bond acceptors (Lipinski definition) is 0. The van der Waals surface area contributed by atoms with Gasteiger partial charge in [-0.25, -0.2) is 0 Å². The molecule has 105 valence electrons. The largest absolute Gasteiger partial charge is 0.128 e. The normalized spacial score (nSPS) is 30.3. The summed E-state index contributed by atoms with van der Waals surface area (Å²) in [6.45, 7) is 4.71. The molecule has 4 rings (SSSR count). The molecule has 0 bridgehead atoms. The first-order valence-corrected chi connectivity index (χ1v) is 8.65. The Morgan fingerprint density at radius 3 is 2.45 bits per heavy atom. The van der Waals surface area contributed by atoms with E-state index in [0.717, 1.165) is 11.7 Å². The molecule has 3 aliphatic rings. The first kappa shape index (κ1) is 13.0. The van der Waals surface area contributed by atoms with Crippen molar-refractivity contribution < 1.29 is 0 Å². The van der Waals surface area contributed by atoms with Crippen LogP contribution in [0.3, 0.4) is 0 Å². The van der Waals surface area contributed by atoms with Gasteiger partial charge >= 0.3 is 0 Å². The Labute approximate surface area is 124 Å². The van der Waals surface area contributed by atoms with Crippen LogP contribution in [0.25, 0.3) is 0 Å². The Bertz CT molecular complexity index is 502. The lowest BCUT2D eigenvalue weighted by molar-refractivity contribution is 0.377. The van der Waals surface area contributed by atoms with Crippen molar-refractivity contribution in [1.82, 2.24) is 0 Å². The predicted octanol–water partition coefficient (Wildman–Crippen LogP) is 4.79. The van der Waals surface area contributed by atoms with E-state index >= 15 is 0 Å². The van der Waals surface area contributed by atoms with Crippen LogP contribution in [0.2, 0.25) is 5.82 Å². The Morgan fingerprint density at radius 2 is 1.80 bits per heavy atom. The second kappa shape index (κ2) is 4.65. The highest BCUT2D eigenvalue weighted by Gasteiger charge is 2.45. The molecular formula is C19H26B. The summed E-state index contributed by atoms with van der Waals surface area (Å²) >= 11 is 0. The van der Waals surface area contributed by atoms with E-state index in [1.807, 2.05) is 0 Å². The minimum Gasteiger partial charge on any atom is -0.0675 e. The van der Waals surface area contributed by atoms with Gasteiger partial charge in [0.1, 0.15) is 7.28 Å². The molecule has 0 aromatic heterocycles. The average Bonchev–Trinajstić information content (AvgIpc) is 2.92. The molecular weight excluding hydrogens is 239 g/mol. The molecule has 3 aliphatic carbocycles. The van der Waals surface area contributed by atoms with Crippen molar-refractivity contribution in [2.45, 2.75) is 76.3 Å². The molecule has 2 unspecified atom stereocenters. The van der Waals surface area contributed by atoms with Crippen LogP contribution in [0.1, 0.15) is 67.7 Å². The molecule has 0 saturated heterocycles. The molecule has 0 heterocycles. The van der Waals surface area contributed by atoms with Gasteiger partial charge in [0.2, 0.25) is 0 Å².